The lowest BCUT2D eigenvalue weighted by Crippen LogP contribution is -2.25. The number of amides is 1. The number of benzene rings is 2. The summed E-state index contributed by atoms with van der Waals surface area (Å²) < 4.78 is 6.03. The molecule has 2 aromatic carbocycles. The van der Waals surface area contributed by atoms with Crippen molar-refractivity contribution in [3.63, 3.8) is 0 Å². The van der Waals surface area contributed by atoms with Crippen molar-refractivity contribution >= 4 is 44.9 Å². The molecule has 1 amide bonds. The van der Waals surface area contributed by atoms with Crippen LogP contribution >= 0.6 is 27.5 Å². The van der Waals surface area contributed by atoms with Gasteiger partial charge in [0.1, 0.15) is 5.75 Å². The molecule has 4 nitrogen and oxygen atoms in total. The third-order valence-electron chi connectivity index (χ3n) is 3.05. The van der Waals surface area contributed by atoms with Crippen molar-refractivity contribution in [3.05, 3.63) is 57.0 Å². The number of nitrogens with one attached hydrogen (secondary N) is 1. The average Bonchev–Trinajstić information content (AvgIpc) is 2.48. The van der Waals surface area contributed by atoms with E-state index in [2.05, 4.69) is 21.2 Å². The van der Waals surface area contributed by atoms with Crippen LogP contribution in [0.4, 0.5) is 5.69 Å². The molecule has 1 aliphatic rings. The minimum absolute atomic E-state index is 0.0161. The van der Waals surface area contributed by atoms with E-state index in [1.807, 2.05) is 0 Å². The van der Waals surface area contributed by atoms with Crippen LogP contribution in [0.3, 0.4) is 0 Å². The Bertz CT molecular complexity index is 761. The van der Waals surface area contributed by atoms with Gasteiger partial charge in [0, 0.05) is 15.6 Å². The van der Waals surface area contributed by atoms with Gasteiger partial charge in [0.2, 0.25) is 0 Å². The van der Waals surface area contributed by atoms with Crippen LogP contribution in [-0.4, -0.2) is 18.3 Å². The van der Waals surface area contributed by atoms with Gasteiger partial charge in [-0.15, -0.1) is 0 Å². The molecule has 1 heterocycles. The van der Waals surface area contributed by atoms with E-state index >= 15 is 0 Å². The van der Waals surface area contributed by atoms with Crippen LogP contribution in [-0.2, 0) is 4.79 Å². The Morgan fingerprint density at radius 1 is 1.24 bits per heavy atom. The van der Waals surface area contributed by atoms with Crippen LogP contribution in [0, 0.1) is 0 Å². The van der Waals surface area contributed by atoms with Crippen LogP contribution in [0.1, 0.15) is 15.9 Å². The molecule has 0 spiro atoms. The van der Waals surface area contributed by atoms with Crippen molar-refractivity contribution in [2.45, 2.75) is 0 Å². The molecule has 2 aromatic rings. The van der Waals surface area contributed by atoms with E-state index in [4.69, 9.17) is 16.3 Å². The Labute approximate surface area is 134 Å². The number of rotatable bonds is 2. The van der Waals surface area contributed by atoms with E-state index in [1.165, 1.54) is 0 Å². The zero-order valence-corrected chi connectivity index (χ0v) is 13.0. The Kier molecular flexibility index (Phi) is 3.69. The first-order chi connectivity index (χ1) is 10.0. The molecule has 0 aliphatic carbocycles. The molecule has 1 N–H and O–H groups in total. The summed E-state index contributed by atoms with van der Waals surface area (Å²) >= 11 is 9.39. The molecule has 106 valence electrons. The molecular weight excluding hydrogens is 358 g/mol. The minimum Gasteiger partial charge on any atom is -0.482 e. The zero-order valence-electron chi connectivity index (χ0n) is 10.7. The van der Waals surface area contributed by atoms with Crippen LogP contribution in [0.5, 0.6) is 5.75 Å². The van der Waals surface area contributed by atoms with Gasteiger partial charge < -0.3 is 10.1 Å². The Balaban J connectivity index is 2.00. The fourth-order valence-corrected chi connectivity index (χ4v) is 2.62. The predicted molar refractivity (Wildman–Crippen MR) is 83.2 cm³/mol. The van der Waals surface area contributed by atoms with E-state index in [0.717, 1.165) is 4.47 Å². The zero-order chi connectivity index (χ0) is 15.0. The fraction of sp³-hybridized carbons (Fsp3) is 0.0667. The molecule has 0 radical (unpaired) electrons. The SMILES string of the molecule is O=C1COc2ccc(C(=O)c3cc(Br)ccc3Cl)cc2N1. The predicted octanol–water partition coefficient (Wildman–Crippen LogP) is 3.66. The van der Waals surface area contributed by atoms with Crippen LogP contribution in [0.2, 0.25) is 5.02 Å². The second kappa shape index (κ2) is 5.50. The largest absolute Gasteiger partial charge is 0.482 e. The van der Waals surface area contributed by atoms with Gasteiger partial charge in [0.05, 0.1) is 10.7 Å². The molecule has 3 rings (SSSR count). The van der Waals surface area contributed by atoms with E-state index in [-0.39, 0.29) is 18.3 Å². The van der Waals surface area contributed by atoms with Crippen molar-refractivity contribution in [3.8, 4) is 5.75 Å². The topological polar surface area (TPSA) is 55.4 Å². The molecule has 6 heteroatoms. The monoisotopic (exact) mass is 365 g/mol. The summed E-state index contributed by atoms with van der Waals surface area (Å²) in [6.07, 6.45) is 0. The summed E-state index contributed by atoms with van der Waals surface area (Å²) in [5.74, 6) is 0.0861. The number of anilines is 1. The maximum absolute atomic E-state index is 12.5. The van der Waals surface area contributed by atoms with Crippen molar-refractivity contribution in [1.82, 2.24) is 0 Å². The van der Waals surface area contributed by atoms with Gasteiger partial charge in [-0.2, -0.15) is 0 Å². The van der Waals surface area contributed by atoms with Gasteiger partial charge in [0.15, 0.2) is 12.4 Å². The number of ketones is 1. The molecule has 0 atom stereocenters. The van der Waals surface area contributed by atoms with Crippen molar-refractivity contribution in [2.24, 2.45) is 0 Å². The molecule has 0 unspecified atom stereocenters. The highest BCUT2D eigenvalue weighted by molar-refractivity contribution is 9.10. The molecule has 0 aromatic heterocycles. The molecule has 1 aliphatic heterocycles. The van der Waals surface area contributed by atoms with E-state index in [9.17, 15) is 9.59 Å². The lowest BCUT2D eigenvalue weighted by Gasteiger charge is -2.18. The van der Waals surface area contributed by atoms with Gasteiger partial charge in [-0.3, -0.25) is 9.59 Å². The molecule has 0 saturated carbocycles. The van der Waals surface area contributed by atoms with Crippen molar-refractivity contribution in [1.29, 1.82) is 0 Å². The molecule has 21 heavy (non-hydrogen) atoms. The van der Waals surface area contributed by atoms with Gasteiger partial charge in [-0.25, -0.2) is 0 Å². The molecule has 0 saturated heterocycles. The smallest absolute Gasteiger partial charge is 0.262 e. The summed E-state index contributed by atoms with van der Waals surface area (Å²) in [7, 11) is 0. The first kappa shape index (κ1) is 14.1. The maximum Gasteiger partial charge on any atom is 0.262 e. The summed E-state index contributed by atoms with van der Waals surface area (Å²) in [5, 5.41) is 3.05. The van der Waals surface area contributed by atoms with E-state index in [0.29, 0.717) is 27.6 Å². The number of carbonyl (C=O) groups is 2. The number of fused-ring (bicyclic) bond motifs is 1. The first-order valence-corrected chi connectivity index (χ1v) is 7.28. The first-order valence-electron chi connectivity index (χ1n) is 6.11. The molecular formula is C15H9BrClNO3. The Morgan fingerprint density at radius 2 is 2.05 bits per heavy atom. The van der Waals surface area contributed by atoms with Crippen molar-refractivity contribution < 1.29 is 14.3 Å². The van der Waals surface area contributed by atoms with Crippen molar-refractivity contribution in [2.75, 3.05) is 11.9 Å². The second-order valence-electron chi connectivity index (χ2n) is 4.50. The summed E-state index contributed by atoms with van der Waals surface area (Å²) in [6.45, 7) is -0.0161. The van der Waals surface area contributed by atoms with Gasteiger partial charge in [-0.1, -0.05) is 27.5 Å². The average molecular weight is 367 g/mol. The van der Waals surface area contributed by atoms with Crippen LogP contribution < -0.4 is 10.1 Å². The molecule has 0 bridgehead atoms. The highest BCUT2D eigenvalue weighted by atomic mass is 79.9. The minimum atomic E-state index is -0.243. The third-order valence-corrected chi connectivity index (χ3v) is 3.87. The lowest BCUT2D eigenvalue weighted by molar-refractivity contribution is -0.118. The van der Waals surface area contributed by atoms with Gasteiger partial charge in [0.25, 0.3) is 5.91 Å². The number of hydrogen-bond acceptors (Lipinski definition) is 3. The normalized spacial score (nSPS) is 13.1. The second-order valence-corrected chi connectivity index (χ2v) is 5.82. The maximum atomic E-state index is 12.5. The number of ether oxygens (including phenoxy) is 1. The molecule has 0 fully saturated rings. The standard InChI is InChI=1S/C15H9BrClNO3/c16-9-2-3-11(17)10(6-9)15(20)8-1-4-13-12(5-8)18-14(19)7-21-13/h1-6H,7H2,(H,18,19). The van der Waals surface area contributed by atoms with Gasteiger partial charge in [-0.05, 0) is 36.4 Å². The van der Waals surface area contributed by atoms with Crippen LogP contribution in [0.15, 0.2) is 40.9 Å². The fourth-order valence-electron chi connectivity index (χ4n) is 2.05. The van der Waals surface area contributed by atoms with Crippen LogP contribution in [0.25, 0.3) is 0 Å². The van der Waals surface area contributed by atoms with Gasteiger partial charge >= 0.3 is 0 Å². The summed E-state index contributed by atoms with van der Waals surface area (Å²) in [6, 6.07) is 9.98. The Morgan fingerprint density at radius 3 is 2.86 bits per heavy atom. The number of hydrogen-bond donors (Lipinski definition) is 1. The summed E-state index contributed by atoms with van der Waals surface area (Å²) in [5.41, 5.74) is 1.32. The van der Waals surface area contributed by atoms with E-state index in [1.54, 1.807) is 36.4 Å². The van der Waals surface area contributed by atoms with E-state index < -0.39 is 0 Å². The summed E-state index contributed by atoms with van der Waals surface area (Å²) in [4.78, 5) is 23.9. The number of carbonyl (C=O) groups excluding carboxylic acids is 2. The number of halogens is 2. The Hall–Kier alpha value is -1.85. The highest BCUT2D eigenvalue weighted by Gasteiger charge is 2.19. The highest BCUT2D eigenvalue weighted by Crippen LogP contribution is 2.30. The third kappa shape index (κ3) is 2.80. The quantitative estimate of drug-likeness (QED) is 0.825. The lowest BCUT2D eigenvalue weighted by atomic mass is 10.0.